The molecule has 0 spiro atoms. The summed E-state index contributed by atoms with van der Waals surface area (Å²) in [5.74, 6) is 0. The Bertz CT molecular complexity index is 134. The quantitative estimate of drug-likeness (QED) is 0.523. The topological polar surface area (TPSA) is 12.5 Å². The Morgan fingerprint density at radius 1 is 1.43 bits per heavy atom. The molecule has 0 heterocycles. The molecule has 0 aromatic heterocycles. The predicted octanol–water partition coefficient (Wildman–Crippen LogP) is 3.12. The van der Waals surface area contributed by atoms with Crippen molar-refractivity contribution in [3.63, 3.8) is 0 Å². The second kappa shape index (κ2) is 11.0. The molecule has 0 aromatic carbocycles. The minimum absolute atomic E-state index is 0.137. The van der Waals surface area contributed by atoms with Crippen molar-refractivity contribution >= 4 is 11.6 Å². The standard InChI is InChI=1S/C8H15ClO.C3H9N/c1-4-5-8(9)10-6-7(2)3;1-4(2)3/h8H,2,4-6H2,1,3H3;1-3H3. The lowest BCUT2D eigenvalue weighted by atomic mass is 10.3. The van der Waals surface area contributed by atoms with Crippen LogP contribution in [0, 0.1) is 0 Å². The normalized spacial score (nSPS) is 11.9. The molecule has 0 aromatic rings. The number of nitrogens with zero attached hydrogens (tertiary/aromatic N) is 1. The van der Waals surface area contributed by atoms with Crippen molar-refractivity contribution in [1.29, 1.82) is 0 Å². The molecular formula is C11H24ClNO. The van der Waals surface area contributed by atoms with Crippen molar-refractivity contribution in [3.05, 3.63) is 12.2 Å². The number of halogens is 1. The third-order valence-corrected chi connectivity index (χ3v) is 1.37. The first kappa shape index (κ1) is 16.4. The Kier molecular flexibility index (Phi) is 12.9. The van der Waals surface area contributed by atoms with E-state index in [1.54, 1.807) is 0 Å². The van der Waals surface area contributed by atoms with Crippen LogP contribution < -0.4 is 0 Å². The maximum absolute atomic E-state index is 5.76. The molecule has 0 aliphatic rings. The first-order chi connectivity index (χ1) is 6.40. The highest BCUT2D eigenvalue weighted by atomic mass is 35.5. The van der Waals surface area contributed by atoms with Gasteiger partial charge in [0.15, 0.2) is 0 Å². The van der Waals surface area contributed by atoms with Gasteiger partial charge in [-0.3, -0.25) is 0 Å². The molecule has 0 aliphatic heterocycles. The van der Waals surface area contributed by atoms with Crippen molar-refractivity contribution in [2.75, 3.05) is 27.7 Å². The highest BCUT2D eigenvalue weighted by molar-refractivity contribution is 6.19. The van der Waals surface area contributed by atoms with Crippen LogP contribution in [0.15, 0.2) is 12.2 Å². The van der Waals surface area contributed by atoms with Crippen molar-refractivity contribution in [2.45, 2.75) is 32.3 Å². The third-order valence-electron chi connectivity index (χ3n) is 1.03. The molecule has 0 saturated carbocycles. The van der Waals surface area contributed by atoms with Crippen LogP contribution in [0.1, 0.15) is 26.7 Å². The summed E-state index contributed by atoms with van der Waals surface area (Å²) in [5.41, 5.74) is 0.878. The van der Waals surface area contributed by atoms with E-state index >= 15 is 0 Å². The van der Waals surface area contributed by atoms with Gasteiger partial charge in [0, 0.05) is 0 Å². The molecule has 0 rings (SSSR count). The zero-order valence-corrected chi connectivity index (χ0v) is 10.9. The summed E-state index contributed by atoms with van der Waals surface area (Å²) >= 11 is 5.76. The van der Waals surface area contributed by atoms with Crippen LogP contribution in [0.4, 0.5) is 0 Å². The van der Waals surface area contributed by atoms with Gasteiger partial charge in [0.25, 0.3) is 0 Å². The number of rotatable bonds is 5. The Hall–Kier alpha value is -0.0500. The fourth-order valence-electron chi connectivity index (χ4n) is 0.543. The molecule has 0 fully saturated rings. The minimum atomic E-state index is -0.137. The van der Waals surface area contributed by atoms with E-state index in [1.807, 2.05) is 33.0 Å². The average molecular weight is 222 g/mol. The van der Waals surface area contributed by atoms with E-state index in [0.717, 1.165) is 18.4 Å². The molecule has 14 heavy (non-hydrogen) atoms. The predicted molar refractivity (Wildman–Crippen MR) is 64.9 cm³/mol. The fourth-order valence-corrected chi connectivity index (χ4v) is 0.824. The molecule has 2 nitrogen and oxygen atoms in total. The molecule has 0 saturated heterocycles. The Balaban J connectivity index is 0. The summed E-state index contributed by atoms with van der Waals surface area (Å²) < 4.78 is 5.21. The molecule has 0 aliphatic carbocycles. The summed E-state index contributed by atoms with van der Waals surface area (Å²) in [6.07, 6.45) is 1.97. The molecule has 0 radical (unpaired) electrons. The van der Waals surface area contributed by atoms with Crippen molar-refractivity contribution in [1.82, 2.24) is 4.90 Å². The van der Waals surface area contributed by atoms with Crippen LogP contribution in [0.5, 0.6) is 0 Å². The van der Waals surface area contributed by atoms with Gasteiger partial charge >= 0.3 is 0 Å². The van der Waals surface area contributed by atoms with Gasteiger partial charge in [-0.25, -0.2) is 0 Å². The van der Waals surface area contributed by atoms with Crippen molar-refractivity contribution in [3.8, 4) is 0 Å². The average Bonchev–Trinajstić information content (AvgIpc) is 2.00. The summed E-state index contributed by atoms with van der Waals surface area (Å²) in [7, 11) is 6.00. The highest BCUT2D eigenvalue weighted by Gasteiger charge is 2.00. The van der Waals surface area contributed by atoms with Gasteiger partial charge < -0.3 is 9.64 Å². The highest BCUT2D eigenvalue weighted by Crippen LogP contribution is 2.07. The first-order valence-corrected chi connectivity index (χ1v) is 5.34. The number of hydrogen-bond donors (Lipinski definition) is 0. The number of hydrogen-bond acceptors (Lipinski definition) is 2. The van der Waals surface area contributed by atoms with E-state index in [4.69, 9.17) is 16.3 Å². The van der Waals surface area contributed by atoms with Gasteiger partial charge in [-0.2, -0.15) is 0 Å². The molecule has 1 atom stereocenters. The van der Waals surface area contributed by atoms with Crippen molar-refractivity contribution < 1.29 is 4.74 Å². The number of alkyl halides is 1. The van der Waals surface area contributed by atoms with Gasteiger partial charge in [-0.15, -0.1) is 0 Å². The SMILES string of the molecule is C=C(C)COC(Cl)CCC.CN(C)C. The minimum Gasteiger partial charge on any atom is -0.358 e. The van der Waals surface area contributed by atoms with Crippen molar-refractivity contribution in [2.24, 2.45) is 0 Å². The zero-order valence-electron chi connectivity index (χ0n) is 10.1. The lowest BCUT2D eigenvalue weighted by Gasteiger charge is -2.08. The van der Waals surface area contributed by atoms with Gasteiger partial charge in [0.05, 0.1) is 6.61 Å². The third kappa shape index (κ3) is 22.7. The monoisotopic (exact) mass is 221 g/mol. The number of ether oxygens (including phenoxy) is 1. The van der Waals surface area contributed by atoms with Crippen LogP contribution in [0.2, 0.25) is 0 Å². The Labute approximate surface area is 93.9 Å². The van der Waals surface area contributed by atoms with Gasteiger partial charge in [-0.1, -0.05) is 37.1 Å². The van der Waals surface area contributed by atoms with Gasteiger partial charge in [0.2, 0.25) is 0 Å². The smallest absolute Gasteiger partial charge is 0.131 e. The van der Waals surface area contributed by atoms with E-state index in [0.29, 0.717) is 6.61 Å². The summed E-state index contributed by atoms with van der Waals surface area (Å²) in [4.78, 5) is 2.00. The summed E-state index contributed by atoms with van der Waals surface area (Å²) in [6, 6.07) is 0. The molecular weight excluding hydrogens is 198 g/mol. The molecule has 86 valence electrons. The van der Waals surface area contributed by atoms with E-state index in [9.17, 15) is 0 Å². The Morgan fingerprint density at radius 3 is 2.14 bits per heavy atom. The molecule has 1 unspecified atom stereocenters. The largest absolute Gasteiger partial charge is 0.358 e. The zero-order chi connectivity index (χ0) is 11.6. The van der Waals surface area contributed by atoms with E-state index in [-0.39, 0.29) is 5.56 Å². The lowest BCUT2D eigenvalue weighted by molar-refractivity contribution is 0.121. The second-order valence-corrected chi connectivity index (χ2v) is 4.30. The summed E-state index contributed by atoms with van der Waals surface area (Å²) in [6.45, 7) is 8.29. The van der Waals surface area contributed by atoms with Gasteiger partial charge in [0.1, 0.15) is 5.56 Å². The van der Waals surface area contributed by atoms with Crippen LogP contribution in [0.3, 0.4) is 0 Å². The maximum Gasteiger partial charge on any atom is 0.131 e. The van der Waals surface area contributed by atoms with E-state index in [2.05, 4.69) is 13.5 Å². The molecule has 0 N–H and O–H groups in total. The Morgan fingerprint density at radius 2 is 1.86 bits per heavy atom. The van der Waals surface area contributed by atoms with Crippen LogP contribution in [0.25, 0.3) is 0 Å². The lowest BCUT2D eigenvalue weighted by Crippen LogP contribution is -2.05. The first-order valence-electron chi connectivity index (χ1n) is 4.91. The van der Waals surface area contributed by atoms with Gasteiger partial charge in [-0.05, 0) is 34.5 Å². The molecule has 3 heteroatoms. The van der Waals surface area contributed by atoms with E-state index in [1.165, 1.54) is 0 Å². The van der Waals surface area contributed by atoms with Crippen LogP contribution >= 0.6 is 11.6 Å². The molecule has 0 bridgehead atoms. The van der Waals surface area contributed by atoms with Crippen LogP contribution in [-0.4, -0.2) is 38.2 Å². The second-order valence-electron chi connectivity index (χ2n) is 3.81. The van der Waals surface area contributed by atoms with E-state index < -0.39 is 0 Å². The fraction of sp³-hybridized carbons (Fsp3) is 0.818. The summed E-state index contributed by atoms with van der Waals surface area (Å²) in [5, 5.41) is 0. The molecule has 0 amide bonds. The maximum atomic E-state index is 5.76. The van der Waals surface area contributed by atoms with Crippen LogP contribution in [-0.2, 0) is 4.74 Å².